The van der Waals surface area contributed by atoms with Crippen molar-refractivity contribution in [1.82, 2.24) is 0 Å². The van der Waals surface area contributed by atoms with E-state index in [1.807, 2.05) is 36.4 Å². The number of nitrogens with zero attached hydrogens (tertiary/aromatic N) is 1. The molecular weight excluding hydrogens is 350 g/mol. The minimum absolute atomic E-state index is 0.0887. The van der Waals surface area contributed by atoms with Gasteiger partial charge in [0.25, 0.3) is 0 Å². The number of halogens is 1. The molecule has 3 aliphatic rings. The number of esters is 1. The molecule has 3 heterocycles. The smallest absolute Gasteiger partial charge is 0.312 e. The zero-order chi connectivity index (χ0) is 15.5. The molecule has 114 valence electrons. The topological polar surface area (TPSA) is 55.8 Å². The largest absolute Gasteiger partial charge is 0.469 e. The quantitative estimate of drug-likeness (QED) is 0.594. The Bertz CT molecular complexity index is 703. The summed E-state index contributed by atoms with van der Waals surface area (Å²) in [5.74, 6) is -1.55. The van der Waals surface area contributed by atoms with Crippen molar-refractivity contribution in [2.75, 3.05) is 18.6 Å². The van der Waals surface area contributed by atoms with E-state index in [0.717, 1.165) is 10.2 Å². The van der Waals surface area contributed by atoms with Crippen LogP contribution in [0.4, 0.5) is 5.69 Å². The zero-order valence-electron chi connectivity index (χ0n) is 11.9. The van der Waals surface area contributed by atoms with Crippen molar-refractivity contribution in [2.45, 2.75) is 11.7 Å². The van der Waals surface area contributed by atoms with Crippen LogP contribution in [0.2, 0.25) is 0 Å². The maximum absolute atomic E-state index is 12.9. The molecule has 1 spiro atoms. The van der Waals surface area contributed by atoms with E-state index in [0.29, 0.717) is 6.54 Å². The summed E-state index contributed by atoms with van der Waals surface area (Å²) in [6.45, 7) is 0.416. The van der Waals surface area contributed by atoms with Gasteiger partial charge in [-0.3, -0.25) is 9.59 Å². The van der Waals surface area contributed by atoms with Crippen LogP contribution >= 0.6 is 15.9 Å². The number of hydrogen-bond donors (Lipinski definition) is 0. The van der Waals surface area contributed by atoms with Crippen molar-refractivity contribution in [2.24, 2.45) is 11.8 Å². The van der Waals surface area contributed by atoms with Gasteiger partial charge in [-0.1, -0.05) is 24.3 Å². The first-order valence-corrected chi connectivity index (χ1v) is 7.87. The van der Waals surface area contributed by atoms with Gasteiger partial charge in [0.2, 0.25) is 5.91 Å². The number of ether oxygens (including phenoxy) is 2. The highest BCUT2D eigenvalue weighted by atomic mass is 79.9. The summed E-state index contributed by atoms with van der Waals surface area (Å²) >= 11 is 3.48. The Morgan fingerprint density at radius 3 is 2.95 bits per heavy atom. The van der Waals surface area contributed by atoms with E-state index < -0.39 is 17.4 Å². The number of benzene rings is 1. The molecule has 0 aliphatic carbocycles. The average Bonchev–Trinajstić information content (AvgIpc) is 3.15. The fraction of sp³-hybridized carbons (Fsp3) is 0.375. The van der Waals surface area contributed by atoms with Crippen molar-refractivity contribution in [1.29, 1.82) is 0 Å². The summed E-state index contributed by atoms with van der Waals surface area (Å²) in [7, 11) is 1.34. The summed E-state index contributed by atoms with van der Waals surface area (Å²) in [4.78, 5) is 26.7. The van der Waals surface area contributed by atoms with Crippen LogP contribution in [0, 0.1) is 11.8 Å². The Morgan fingerprint density at radius 1 is 1.45 bits per heavy atom. The Hall–Kier alpha value is -1.66. The molecule has 0 saturated carbocycles. The molecule has 3 aliphatic heterocycles. The van der Waals surface area contributed by atoms with Gasteiger partial charge in [-0.05, 0) is 28.1 Å². The molecule has 1 amide bonds. The lowest BCUT2D eigenvalue weighted by atomic mass is 9.77. The standard InChI is InChI=1S/C16H14BrNO4/c1-21-15(20)12-11-6-7-16(22-11)8-18(14(19)13(12)16)10-5-3-2-4-9(10)17/h2-7,11-13H,8H2,1H3/t11-,12+,13+,16-/m0/s1. The fourth-order valence-corrected chi connectivity index (χ4v) is 4.28. The van der Waals surface area contributed by atoms with Crippen LogP contribution in [-0.2, 0) is 19.1 Å². The lowest BCUT2D eigenvalue weighted by Gasteiger charge is -2.22. The zero-order valence-corrected chi connectivity index (χ0v) is 13.4. The van der Waals surface area contributed by atoms with Crippen molar-refractivity contribution >= 4 is 33.5 Å². The SMILES string of the molecule is COC(=O)[C@@H]1[C@@H]2C=C[C@@]3(CN(c4ccccc4Br)C(=O)[C@@H]13)O2. The minimum Gasteiger partial charge on any atom is -0.469 e. The van der Waals surface area contributed by atoms with Crippen LogP contribution < -0.4 is 4.90 Å². The van der Waals surface area contributed by atoms with Gasteiger partial charge in [-0.2, -0.15) is 0 Å². The Morgan fingerprint density at radius 2 is 2.23 bits per heavy atom. The number of amides is 1. The Kier molecular flexibility index (Phi) is 2.96. The molecule has 2 fully saturated rings. The predicted octanol–water partition coefficient (Wildman–Crippen LogP) is 1.91. The van der Waals surface area contributed by atoms with Gasteiger partial charge in [0.05, 0.1) is 31.4 Å². The molecule has 0 radical (unpaired) electrons. The van der Waals surface area contributed by atoms with Gasteiger partial charge in [-0.15, -0.1) is 0 Å². The van der Waals surface area contributed by atoms with Gasteiger partial charge in [0.15, 0.2) is 0 Å². The third kappa shape index (κ3) is 1.68. The number of methoxy groups -OCH3 is 1. The number of rotatable bonds is 2. The Balaban J connectivity index is 1.75. The summed E-state index contributed by atoms with van der Waals surface area (Å²) in [5.41, 5.74) is 0.0796. The Labute approximate surface area is 136 Å². The third-order valence-electron chi connectivity index (χ3n) is 4.72. The maximum atomic E-state index is 12.9. The third-order valence-corrected chi connectivity index (χ3v) is 5.39. The predicted molar refractivity (Wildman–Crippen MR) is 82.2 cm³/mol. The normalized spacial score (nSPS) is 35.1. The highest BCUT2D eigenvalue weighted by Crippen LogP contribution is 2.53. The summed E-state index contributed by atoms with van der Waals surface area (Å²) in [6.07, 6.45) is 3.44. The lowest BCUT2D eigenvalue weighted by molar-refractivity contribution is -0.149. The van der Waals surface area contributed by atoms with Gasteiger partial charge in [0.1, 0.15) is 11.5 Å². The first-order valence-electron chi connectivity index (χ1n) is 7.08. The van der Waals surface area contributed by atoms with E-state index in [-0.39, 0.29) is 18.0 Å². The monoisotopic (exact) mass is 363 g/mol. The molecule has 5 nitrogen and oxygen atoms in total. The molecule has 2 saturated heterocycles. The van der Waals surface area contributed by atoms with E-state index in [1.165, 1.54) is 7.11 Å². The molecule has 1 aromatic carbocycles. The van der Waals surface area contributed by atoms with Crippen molar-refractivity contribution in [3.05, 3.63) is 40.9 Å². The fourth-order valence-electron chi connectivity index (χ4n) is 3.78. The van der Waals surface area contributed by atoms with E-state index in [2.05, 4.69) is 15.9 Å². The molecule has 4 rings (SSSR count). The van der Waals surface area contributed by atoms with Gasteiger partial charge in [0, 0.05) is 4.47 Å². The molecule has 0 aromatic heterocycles. The van der Waals surface area contributed by atoms with Crippen LogP contribution in [0.3, 0.4) is 0 Å². The van der Waals surface area contributed by atoms with Crippen molar-refractivity contribution in [3.8, 4) is 0 Å². The molecule has 0 unspecified atom stereocenters. The molecule has 1 aromatic rings. The van der Waals surface area contributed by atoms with Crippen LogP contribution in [-0.4, -0.2) is 37.2 Å². The van der Waals surface area contributed by atoms with E-state index >= 15 is 0 Å². The van der Waals surface area contributed by atoms with E-state index in [1.54, 1.807) is 4.90 Å². The number of carbonyl (C=O) groups is 2. The van der Waals surface area contributed by atoms with E-state index in [4.69, 9.17) is 9.47 Å². The van der Waals surface area contributed by atoms with Crippen LogP contribution in [0.1, 0.15) is 0 Å². The number of carbonyl (C=O) groups excluding carboxylic acids is 2. The van der Waals surface area contributed by atoms with Crippen molar-refractivity contribution < 1.29 is 19.1 Å². The summed E-state index contributed by atoms with van der Waals surface area (Å²) in [5, 5.41) is 0. The summed E-state index contributed by atoms with van der Waals surface area (Å²) in [6, 6.07) is 7.54. The average molecular weight is 364 g/mol. The second kappa shape index (κ2) is 4.67. The second-order valence-electron chi connectivity index (χ2n) is 5.80. The van der Waals surface area contributed by atoms with Gasteiger partial charge < -0.3 is 14.4 Å². The van der Waals surface area contributed by atoms with Crippen LogP contribution in [0.25, 0.3) is 0 Å². The number of para-hydroxylation sites is 1. The van der Waals surface area contributed by atoms with Crippen molar-refractivity contribution in [3.63, 3.8) is 0 Å². The molecule has 6 heteroatoms. The second-order valence-corrected chi connectivity index (χ2v) is 6.65. The lowest BCUT2D eigenvalue weighted by Crippen LogP contribution is -2.39. The number of fused-ring (bicyclic) bond motifs is 1. The first-order chi connectivity index (χ1) is 10.6. The number of hydrogen-bond acceptors (Lipinski definition) is 4. The highest BCUT2D eigenvalue weighted by Gasteiger charge is 2.67. The summed E-state index contributed by atoms with van der Waals surface area (Å²) < 4.78 is 11.7. The first kappa shape index (κ1) is 14.0. The van der Waals surface area contributed by atoms with E-state index in [9.17, 15) is 9.59 Å². The van der Waals surface area contributed by atoms with Gasteiger partial charge >= 0.3 is 5.97 Å². The molecular formula is C16H14BrNO4. The van der Waals surface area contributed by atoms with Crippen LogP contribution in [0.15, 0.2) is 40.9 Å². The van der Waals surface area contributed by atoms with Crippen LogP contribution in [0.5, 0.6) is 0 Å². The molecule has 2 bridgehead atoms. The number of anilines is 1. The highest BCUT2D eigenvalue weighted by molar-refractivity contribution is 9.10. The maximum Gasteiger partial charge on any atom is 0.312 e. The minimum atomic E-state index is -0.712. The van der Waals surface area contributed by atoms with Gasteiger partial charge in [-0.25, -0.2) is 0 Å². The molecule has 0 N–H and O–H groups in total. The molecule has 22 heavy (non-hydrogen) atoms. The molecule has 4 atom stereocenters.